The summed E-state index contributed by atoms with van der Waals surface area (Å²) in [5, 5.41) is 1.85. The van der Waals surface area contributed by atoms with Crippen molar-refractivity contribution < 1.29 is 8.42 Å². The van der Waals surface area contributed by atoms with E-state index in [0.717, 1.165) is 19.5 Å². The lowest BCUT2D eigenvalue weighted by Gasteiger charge is -2.46. The molecule has 2 aliphatic rings. The number of hydrogen-bond acceptors (Lipinski definition) is 4. The third-order valence-electron chi connectivity index (χ3n) is 4.14. The predicted molar refractivity (Wildman–Crippen MR) is 77.8 cm³/mol. The van der Waals surface area contributed by atoms with E-state index in [2.05, 4.69) is 16.3 Å². The van der Waals surface area contributed by atoms with Crippen LogP contribution in [-0.2, 0) is 23.0 Å². The average Bonchev–Trinajstić information content (AvgIpc) is 2.73. The van der Waals surface area contributed by atoms with Gasteiger partial charge in [-0.15, -0.1) is 11.3 Å². The van der Waals surface area contributed by atoms with Gasteiger partial charge in [-0.2, -0.15) is 4.31 Å². The molecule has 1 saturated heterocycles. The highest BCUT2D eigenvalue weighted by Gasteiger charge is 2.40. The van der Waals surface area contributed by atoms with Crippen LogP contribution in [0.15, 0.2) is 11.4 Å². The van der Waals surface area contributed by atoms with Crippen LogP contribution in [-0.4, -0.2) is 48.5 Å². The minimum Gasteiger partial charge on any atom is -0.293 e. The Hall–Kier alpha value is -0.430. The molecule has 0 N–H and O–H groups in total. The summed E-state index contributed by atoms with van der Waals surface area (Å²) < 4.78 is 25.6. The molecule has 0 radical (unpaired) electrons. The topological polar surface area (TPSA) is 40.6 Å². The summed E-state index contributed by atoms with van der Waals surface area (Å²) in [7, 11) is -3.05. The van der Waals surface area contributed by atoms with E-state index in [0.29, 0.717) is 19.1 Å². The summed E-state index contributed by atoms with van der Waals surface area (Å²) in [6.07, 6.45) is 1.11. The van der Waals surface area contributed by atoms with Crippen LogP contribution >= 0.6 is 11.3 Å². The molecule has 0 aliphatic carbocycles. The van der Waals surface area contributed by atoms with Crippen molar-refractivity contribution in [3.63, 3.8) is 0 Å². The fraction of sp³-hybridized carbons (Fsp3) is 0.692. The molecule has 106 valence electrons. The molecule has 19 heavy (non-hydrogen) atoms. The predicted octanol–water partition coefficient (Wildman–Crippen LogP) is 1.53. The maximum Gasteiger partial charge on any atom is 0.216 e. The zero-order valence-corrected chi connectivity index (χ0v) is 13.0. The van der Waals surface area contributed by atoms with Crippen LogP contribution in [0, 0.1) is 0 Å². The minimum absolute atomic E-state index is 0.307. The molecule has 3 rings (SSSR count). The van der Waals surface area contributed by atoms with Crippen molar-refractivity contribution in [1.29, 1.82) is 0 Å². The molecule has 6 heteroatoms. The Labute approximate surface area is 119 Å². The quantitative estimate of drug-likeness (QED) is 0.850. The lowest BCUT2D eigenvalue weighted by molar-refractivity contribution is 0.0770. The molecule has 0 saturated carbocycles. The van der Waals surface area contributed by atoms with Crippen molar-refractivity contribution in [2.75, 3.05) is 19.6 Å². The Morgan fingerprint density at radius 1 is 1.37 bits per heavy atom. The lowest BCUT2D eigenvalue weighted by Crippen LogP contribution is -2.62. The van der Waals surface area contributed by atoms with Gasteiger partial charge in [0.1, 0.15) is 0 Å². The van der Waals surface area contributed by atoms with Crippen molar-refractivity contribution in [3.05, 3.63) is 21.9 Å². The smallest absolute Gasteiger partial charge is 0.216 e. The lowest BCUT2D eigenvalue weighted by atomic mass is 10.0. The van der Waals surface area contributed by atoms with Crippen LogP contribution in [0.25, 0.3) is 0 Å². The zero-order chi connectivity index (χ0) is 13.6. The van der Waals surface area contributed by atoms with Gasteiger partial charge in [0.2, 0.25) is 10.0 Å². The molecular weight excluding hydrogens is 280 g/mol. The molecule has 0 amide bonds. The molecule has 3 heterocycles. The van der Waals surface area contributed by atoms with Crippen molar-refractivity contribution in [2.45, 2.75) is 38.1 Å². The molecular formula is C13H20N2O2S2. The fourth-order valence-electron chi connectivity index (χ4n) is 2.74. The van der Waals surface area contributed by atoms with Gasteiger partial charge in [0.25, 0.3) is 0 Å². The van der Waals surface area contributed by atoms with Gasteiger partial charge in [0.15, 0.2) is 0 Å². The van der Waals surface area contributed by atoms with E-state index in [1.54, 1.807) is 18.2 Å². The first-order valence-electron chi connectivity index (χ1n) is 6.76. The SMILES string of the molecule is CC(C)S(=O)(=O)N1CC(N2CCc3sccc3C2)C1. The van der Waals surface area contributed by atoms with E-state index in [9.17, 15) is 8.42 Å². The summed E-state index contributed by atoms with van der Waals surface area (Å²) in [6.45, 7) is 6.88. The monoisotopic (exact) mass is 300 g/mol. The number of thiophene rings is 1. The number of fused-ring (bicyclic) bond motifs is 1. The first kappa shape index (κ1) is 13.5. The van der Waals surface area contributed by atoms with Crippen LogP contribution in [0.4, 0.5) is 0 Å². The molecule has 0 unspecified atom stereocenters. The van der Waals surface area contributed by atoms with Gasteiger partial charge in [0, 0.05) is 37.1 Å². The van der Waals surface area contributed by atoms with E-state index in [1.807, 2.05) is 11.3 Å². The Morgan fingerprint density at radius 2 is 2.11 bits per heavy atom. The standard InChI is InChI=1S/C13H20N2O2S2/c1-10(2)19(16,17)15-8-12(9-15)14-5-3-13-11(7-14)4-6-18-13/h4,6,10,12H,3,5,7-9H2,1-2H3. The molecule has 1 aromatic heterocycles. The molecule has 1 fully saturated rings. The van der Waals surface area contributed by atoms with E-state index in [4.69, 9.17) is 0 Å². The fourth-order valence-corrected chi connectivity index (χ4v) is 4.98. The van der Waals surface area contributed by atoms with Crippen molar-refractivity contribution in [1.82, 2.24) is 9.21 Å². The van der Waals surface area contributed by atoms with Crippen LogP contribution in [0.5, 0.6) is 0 Å². The molecule has 0 atom stereocenters. The zero-order valence-electron chi connectivity index (χ0n) is 11.4. The Balaban J connectivity index is 1.61. The molecule has 1 aromatic rings. The van der Waals surface area contributed by atoms with Gasteiger partial charge in [-0.05, 0) is 37.3 Å². The molecule has 0 bridgehead atoms. The average molecular weight is 300 g/mol. The molecule has 2 aliphatic heterocycles. The molecule has 4 nitrogen and oxygen atoms in total. The summed E-state index contributed by atoms with van der Waals surface area (Å²) in [5.74, 6) is 0. The summed E-state index contributed by atoms with van der Waals surface area (Å²) in [4.78, 5) is 3.93. The number of sulfonamides is 1. The van der Waals surface area contributed by atoms with Crippen molar-refractivity contribution in [3.8, 4) is 0 Å². The summed E-state index contributed by atoms with van der Waals surface area (Å²) in [5.41, 5.74) is 1.43. The van der Waals surface area contributed by atoms with Gasteiger partial charge < -0.3 is 0 Å². The van der Waals surface area contributed by atoms with Crippen molar-refractivity contribution in [2.24, 2.45) is 0 Å². The van der Waals surface area contributed by atoms with Gasteiger partial charge in [-0.1, -0.05) is 0 Å². The second-order valence-electron chi connectivity index (χ2n) is 5.65. The first-order valence-corrected chi connectivity index (χ1v) is 9.15. The summed E-state index contributed by atoms with van der Waals surface area (Å²) >= 11 is 1.84. The highest BCUT2D eigenvalue weighted by atomic mass is 32.2. The van der Waals surface area contributed by atoms with Crippen LogP contribution < -0.4 is 0 Å². The van der Waals surface area contributed by atoms with Crippen LogP contribution in [0.3, 0.4) is 0 Å². The van der Waals surface area contributed by atoms with Crippen LogP contribution in [0.1, 0.15) is 24.3 Å². The largest absolute Gasteiger partial charge is 0.293 e. The maximum absolute atomic E-state index is 12.0. The third-order valence-corrected chi connectivity index (χ3v) is 7.37. The Kier molecular flexibility index (Phi) is 3.45. The first-order chi connectivity index (χ1) is 8.98. The number of hydrogen-bond donors (Lipinski definition) is 0. The Morgan fingerprint density at radius 3 is 2.79 bits per heavy atom. The Bertz CT molecular complexity index is 559. The highest BCUT2D eigenvalue weighted by Crippen LogP contribution is 2.29. The normalized spacial score (nSPS) is 22.5. The van der Waals surface area contributed by atoms with Gasteiger partial charge in [-0.3, -0.25) is 4.90 Å². The molecule has 0 spiro atoms. The van der Waals surface area contributed by atoms with Crippen LogP contribution in [0.2, 0.25) is 0 Å². The second-order valence-corrected chi connectivity index (χ2v) is 9.14. The third kappa shape index (κ3) is 2.35. The van der Waals surface area contributed by atoms with Gasteiger partial charge in [-0.25, -0.2) is 8.42 Å². The second kappa shape index (κ2) is 4.84. The van der Waals surface area contributed by atoms with Gasteiger partial charge >= 0.3 is 0 Å². The minimum atomic E-state index is -3.05. The highest BCUT2D eigenvalue weighted by molar-refractivity contribution is 7.89. The van der Waals surface area contributed by atoms with E-state index < -0.39 is 10.0 Å². The summed E-state index contributed by atoms with van der Waals surface area (Å²) in [6, 6.07) is 2.61. The number of rotatable bonds is 3. The van der Waals surface area contributed by atoms with E-state index >= 15 is 0 Å². The van der Waals surface area contributed by atoms with Gasteiger partial charge in [0.05, 0.1) is 5.25 Å². The number of nitrogens with zero attached hydrogens (tertiary/aromatic N) is 2. The maximum atomic E-state index is 12.0. The molecule has 0 aromatic carbocycles. The van der Waals surface area contributed by atoms with E-state index in [-0.39, 0.29) is 5.25 Å². The van der Waals surface area contributed by atoms with E-state index in [1.165, 1.54) is 10.4 Å². The van der Waals surface area contributed by atoms with Crippen molar-refractivity contribution >= 4 is 21.4 Å².